The third-order valence-electron chi connectivity index (χ3n) is 4.91. The van der Waals surface area contributed by atoms with Crippen molar-refractivity contribution in [3.8, 4) is 0 Å². The summed E-state index contributed by atoms with van der Waals surface area (Å²) in [5, 5.41) is 14.4. The van der Waals surface area contributed by atoms with Gasteiger partial charge in [-0.2, -0.15) is 0 Å². The van der Waals surface area contributed by atoms with Gasteiger partial charge in [-0.15, -0.1) is 0 Å². The molecule has 2 aromatic rings. The summed E-state index contributed by atoms with van der Waals surface area (Å²) in [6.07, 6.45) is 0.481. The molecule has 0 unspecified atom stereocenters. The van der Waals surface area contributed by atoms with E-state index in [1.807, 2.05) is 0 Å². The van der Waals surface area contributed by atoms with Crippen LogP contribution in [-0.4, -0.2) is 23.2 Å². The monoisotopic (exact) mass is 374 g/mol. The number of benzene rings is 2. The Morgan fingerprint density at radius 2 is 1.78 bits per heavy atom. The molecule has 7 heteroatoms. The van der Waals surface area contributed by atoms with E-state index in [-0.39, 0.29) is 35.8 Å². The van der Waals surface area contributed by atoms with E-state index in [9.17, 15) is 23.7 Å². The summed E-state index contributed by atoms with van der Waals surface area (Å²) in [6, 6.07) is 12.8. The maximum atomic E-state index is 13.2. The average molecular weight is 374 g/mol. The number of halogens is 2. The maximum Gasteiger partial charge on any atom is 0.293 e. The average Bonchev–Trinajstić information content (AvgIpc) is 2.67. The van der Waals surface area contributed by atoms with Gasteiger partial charge in [-0.25, -0.2) is 8.78 Å². The Hall–Kier alpha value is -2.83. The lowest BCUT2D eigenvalue weighted by molar-refractivity contribution is -0.384. The second kappa shape index (κ2) is 7.82. The van der Waals surface area contributed by atoms with Crippen molar-refractivity contribution in [1.29, 1.82) is 0 Å². The fraction of sp³-hybridized carbons (Fsp3) is 0.350. The molecular formula is C20H20F2N2O3. The summed E-state index contributed by atoms with van der Waals surface area (Å²) >= 11 is 0. The highest BCUT2D eigenvalue weighted by atomic mass is 19.3. The predicted octanol–water partition coefficient (Wildman–Crippen LogP) is 5.06. The van der Waals surface area contributed by atoms with E-state index in [0.29, 0.717) is 30.6 Å². The minimum absolute atomic E-state index is 0.0508. The van der Waals surface area contributed by atoms with Crippen LogP contribution in [0.1, 0.15) is 41.6 Å². The van der Waals surface area contributed by atoms with Crippen LogP contribution >= 0.6 is 0 Å². The molecule has 1 saturated carbocycles. The van der Waals surface area contributed by atoms with Gasteiger partial charge in [0, 0.05) is 36.6 Å². The van der Waals surface area contributed by atoms with Crippen molar-refractivity contribution in [2.45, 2.75) is 31.6 Å². The van der Waals surface area contributed by atoms with E-state index in [4.69, 9.17) is 0 Å². The summed E-state index contributed by atoms with van der Waals surface area (Å²) in [6.45, 7) is 0.392. The fourth-order valence-corrected chi connectivity index (χ4v) is 3.29. The lowest BCUT2D eigenvalue weighted by Crippen LogP contribution is -2.28. The molecule has 0 atom stereocenters. The van der Waals surface area contributed by atoms with Gasteiger partial charge in [0.05, 0.1) is 4.92 Å². The molecule has 142 valence electrons. The van der Waals surface area contributed by atoms with Crippen LogP contribution in [0.5, 0.6) is 0 Å². The quantitative estimate of drug-likeness (QED) is 0.436. The number of ketones is 1. The Morgan fingerprint density at radius 3 is 2.41 bits per heavy atom. The number of nitro groups is 1. The SMILES string of the molecule is O=C(c1ccccc1)c1ccc(NCC2CCC(F)(F)CC2)c([N+](=O)[O-])c1. The number of nitro benzene ring substituents is 1. The lowest BCUT2D eigenvalue weighted by atomic mass is 9.87. The van der Waals surface area contributed by atoms with Crippen molar-refractivity contribution >= 4 is 17.2 Å². The number of nitrogens with zero attached hydrogens (tertiary/aromatic N) is 1. The maximum absolute atomic E-state index is 13.2. The molecule has 3 rings (SSSR count). The Morgan fingerprint density at radius 1 is 1.11 bits per heavy atom. The van der Waals surface area contributed by atoms with Crippen LogP contribution in [0, 0.1) is 16.0 Å². The van der Waals surface area contributed by atoms with Gasteiger partial charge in [-0.1, -0.05) is 30.3 Å². The van der Waals surface area contributed by atoms with Crippen LogP contribution < -0.4 is 5.32 Å². The third-order valence-corrected chi connectivity index (χ3v) is 4.91. The predicted molar refractivity (Wildman–Crippen MR) is 98.4 cm³/mol. The second-order valence-electron chi connectivity index (χ2n) is 6.86. The fourth-order valence-electron chi connectivity index (χ4n) is 3.29. The molecule has 0 aliphatic heterocycles. The molecule has 27 heavy (non-hydrogen) atoms. The van der Waals surface area contributed by atoms with Gasteiger partial charge in [-0.3, -0.25) is 14.9 Å². The number of rotatable bonds is 6. The van der Waals surface area contributed by atoms with Gasteiger partial charge in [0.2, 0.25) is 5.92 Å². The number of alkyl halides is 2. The number of carbonyl (C=O) groups is 1. The molecule has 2 aromatic carbocycles. The minimum Gasteiger partial charge on any atom is -0.379 e. The third kappa shape index (κ3) is 4.67. The van der Waals surface area contributed by atoms with Crippen molar-refractivity contribution in [2.24, 2.45) is 5.92 Å². The molecule has 0 radical (unpaired) electrons. The van der Waals surface area contributed by atoms with Gasteiger partial charge in [0.15, 0.2) is 5.78 Å². The molecule has 0 amide bonds. The van der Waals surface area contributed by atoms with E-state index in [1.54, 1.807) is 36.4 Å². The Labute approximate surface area is 155 Å². The van der Waals surface area contributed by atoms with Crippen molar-refractivity contribution in [3.63, 3.8) is 0 Å². The molecule has 0 heterocycles. The zero-order chi connectivity index (χ0) is 19.4. The van der Waals surface area contributed by atoms with E-state index in [1.165, 1.54) is 12.1 Å². The normalized spacial score (nSPS) is 16.7. The van der Waals surface area contributed by atoms with Crippen LogP contribution in [-0.2, 0) is 0 Å². The minimum atomic E-state index is -2.60. The first kappa shape index (κ1) is 18.9. The van der Waals surface area contributed by atoms with E-state index >= 15 is 0 Å². The van der Waals surface area contributed by atoms with Crippen molar-refractivity contribution in [1.82, 2.24) is 0 Å². The molecule has 0 saturated heterocycles. The first-order valence-electron chi connectivity index (χ1n) is 8.85. The Kier molecular flexibility index (Phi) is 5.48. The summed E-state index contributed by atoms with van der Waals surface area (Å²) in [5.74, 6) is -2.84. The summed E-state index contributed by atoms with van der Waals surface area (Å²) in [7, 11) is 0. The zero-order valence-electron chi connectivity index (χ0n) is 14.7. The van der Waals surface area contributed by atoms with Crippen molar-refractivity contribution in [2.75, 3.05) is 11.9 Å². The van der Waals surface area contributed by atoms with E-state index in [2.05, 4.69) is 5.32 Å². The zero-order valence-corrected chi connectivity index (χ0v) is 14.7. The number of nitrogens with one attached hydrogen (secondary N) is 1. The van der Waals surface area contributed by atoms with Crippen molar-refractivity contribution < 1.29 is 18.5 Å². The van der Waals surface area contributed by atoms with Crippen LogP contribution in [0.2, 0.25) is 0 Å². The summed E-state index contributed by atoms with van der Waals surface area (Å²) < 4.78 is 26.5. The summed E-state index contributed by atoms with van der Waals surface area (Å²) in [4.78, 5) is 23.4. The van der Waals surface area contributed by atoms with Crippen LogP contribution in [0.3, 0.4) is 0 Å². The van der Waals surface area contributed by atoms with Crippen LogP contribution in [0.4, 0.5) is 20.2 Å². The molecule has 1 fully saturated rings. The molecule has 0 aromatic heterocycles. The largest absolute Gasteiger partial charge is 0.379 e. The highest BCUT2D eigenvalue weighted by Gasteiger charge is 2.34. The Bertz CT molecular complexity index is 830. The highest BCUT2D eigenvalue weighted by molar-refractivity contribution is 6.09. The van der Waals surface area contributed by atoms with Crippen LogP contribution in [0.25, 0.3) is 0 Å². The number of anilines is 1. The van der Waals surface area contributed by atoms with Gasteiger partial charge in [-0.05, 0) is 30.9 Å². The molecule has 0 spiro atoms. The van der Waals surface area contributed by atoms with Gasteiger partial charge < -0.3 is 5.32 Å². The number of hydrogen-bond acceptors (Lipinski definition) is 4. The van der Waals surface area contributed by atoms with Crippen molar-refractivity contribution in [3.05, 3.63) is 69.8 Å². The molecule has 0 bridgehead atoms. The van der Waals surface area contributed by atoms with Crippen LogP contribution in [0.15, 0.2) is 48.5 Å². The lowest BCUT2D eigenvalue weighted by Gasteiger charge is -2.28. The second-order valence-corrected chi connectivity index (χ2v) is 6.86. The van der Waals surface area contributed by atoms with Gasteiger partial charge in [0.25, 0.3) is 5.69 Å². The number of carbonyl (C=O) groups excluding carboxylic acids is 1. The first-order valence-corrected chi connectivity index (χ1v) is 8.85. The summed E-state index contributed by atoms with van der Waals surface area (Å²) in [5.41, 5.74) is 0.784. The number of hydrogen-bond donors (Lipinski definition) is 1. The highest BCUT2D eigenvalue weighted by Crippen LogP contribution is 2.36. The van der Waals surface area contributed by atoms with E-state index < -0.39 is 10.8 Å². The first-order chi connectivity index (χ1) is 12.9. The molecule has 1 N–H and O–H groups in total. The molecule has 5 nitrogen and oxygen atoms in total. The van der Waals surface area contributed by atoms with Gasteiger partial charge in [0.1, 0.15) is 5.69 Å². The van der Waals surface area contributed by atoms with E-state index in [0.717, 1.165) is 0 Å². The Balaban J connectivity index is 1.73. The molecule has 1 aliphatic carbocycles. The smallest absolute Gasteiger partial charge is 0.293 e. The topological polar surface area (TPSA) is 72.2 Å². The van der Waals surface area contributed by atoms with Gasteiger partial charge >= 0.3 is 0 Å². The standard InChI is InChI=1S/C20H20F2N2O3/c21-20(22)10-8-14(9-11-20)13-23-17-7-6-16(12-18(17)24(26)27)19(25)15-4-2-1-3-5-15/h1-7,12,14,23H,8-11,13H2. The molecular weight excluding hydrogens is 354 g/mol. The molecule has 1 aliphatic rings.